The van der Waals surface area contributed by atoms with E-state index in [1.165, 1.54) is 0 Å². The Morgan fingerprint density at radius 2 is 1.82 bits per heavy atom. The first-order valence-corrected chi connectivity index (χ1v) is 10.4. The second-order valence-electron chi connectivity index (χ2n) is 6.19. The predicted molar refractivity (Wildman–Crippen MR) is 105 cm³/mol. The molecule has 0 aliphatic carbocycles. The molecule has 2 N–H and O–H groups in total. The van der Waals surface area contributed by atoms with Gasteiger partial charge in [0, 0.05) is 13.0 Å². The molecule has 0 fully saturated rings. The van der Waals surface area contributed by atoms with Gasteiger partial charge in [-0.3, -0.25) is 14.3 Å². The second kappa shape index (κ2) is 8.17. The van der Waals surface area contributed by atoms with Crippen LogP contribution in [0.25, 0.3) is 10.9 Å². The van der Waals surface area contributed by atoms with Gasteiger partial charge in [-0.2, -0.15) is 0 Å². The van der Waals surface area contributed by atoms with Crippen LogP contribution < -0.4 is 15.6 Å². The standard InChI is InChI=1S/C18H19N5O4S/c1-28(26,27)21-15-8-4-2-6-13(15)12-19-17(24)10-11-23-18(25)14-7-3-5-9-16(14)20-22-23/h2-9,21H,10-12H2,1H3,(H,19,24). The molecule has 0 spiro atoms. The Balaban J connectivity index is 1.62. The average Bonchev–Trinajstić information content (AvgIpc) is 2.66. The number of rotatable bonds is 7. The minimum atomic E-state index is -3.42. The largest absolute Gasteiger partial charge is 0.352 e. The summed E-state index contributed by atoms with van der Waals surface area (Å²) in [4.78, 5) is 24.5. The van der Waals surface area contributed by atoms with Crippen molar-refractivity contribution in [1.82, 2.24) is 20.3 Å². The third-order valence-electron chi connectivity index (χ3n) is 3.97. The van der Waals surface area contributed by atoms with Crippen LogP contribution in [0.2, 0.25) is 0 Å². The monoisotopic (exact) mass is 401 g/mol. The van der Waals surface area contributed by atoms with Crippen LogP contribution in [0.5, 0.6) is 0 Å². The van der Waals surface area contributed by atoms with Gasteiger partial charge in [-0.15, -0.1) is 5.10 Å². The van der Waals surface area contributed by atoms with E-state index in [-0.39, 0.29) is 31.0 Å². The van der Waals surface area contributed by atoms with E-state index in [0.717, 1.165) is 10.9 Å². The van der Waals surface area contributed by atoms with E-state index in [4.69, 9.17) is 0 Å². The maximum absolute atomic E-state index is 12.4. The van der Waals surface area contributed by atoms with Crippen molar-refractivity contribution >= 4 is 32.5 Å². The Labute approximate surface area is 161 Å². The molecular weight excluding hydrogens is 382 g/mol. The minimum Gasteiger partial charge on any atom is -0.352 e. The highest BCUT2D eigenvalue weighted by atomic mass is 32.2. The van der Waals surface area contributed by atoms with E-state index >= 15 is 0 Å². The number of aromatic nitrogens is 3. The molecule has 9 nitrogen and oxygen atoms in total. The van der Waals surface area contributed by atoms with Crippen molar-refractivity contribution in [2.24, 2.45) is 0 Å². The third kappa shape index (κ3) is 4.92. The lowest BCUT2D eigenvalue weighted by atomic mass is 10.2. The van der Waals surface area contributed by atoms with E-state index in [9.17, 15) is 18.0 Å². The number of nitrogens with one attached hydrogen (secondary N) is 2. The molecule has 28 heavy (non-hydrogen) atoms. The van der Waals surface area contributed by atoms with Gasteiger partial charge < -0.3 is 5.32 Å². The summed E-state index contributed by atoms with van der Waals surface area (Å²) in [6, 6.07) is 13.6. The molecule has 3 rings (SSSR count). The number of hydrogen-bond acceptors (Lipinski definition) is 6. The number of para-hydroxylation sites is 1. The SMILES string of the molecule is CS(=O)(=O)Nc1ccccc1CNC(=O)CCn1nnc2ccccc2c1=O. The van der Waals surface area contributed by atoms with E-state index < -0.39 is 10.0 Å². The molecular formula is C18H19N5O4S. The highest BCUT2D eigenvalue weighted by Crippen LogP contribution is 2.16. The zero-order valence-electron chi connectivity index (χ0n) is 15.1. The molecule has 1 aromatic heterocycles. The van der Waals surface area contributed by atoms with Gasteiger partial charge in [0.05, 0.1) is 23.9 Å². The quantitative estimate of drug-likeness (QED) is 0.606. The van der Waals surface area contributed by atoms with Crippen molar-refractivity contribution in [3.8, 4) is 0 Å². The third-order valence-corrected chi connectivity index (χ3v) is 4.56. The molecule has 2 aromatic carbocycles. The van der Waals surface area contributed by atoms with Crippen LogP contribution in [0.15, 0.2) is 53.3 Å². The molecule has 146 valence electrons. The van der Waals surface area contributed by atoms with Gasteiger partial charge in [-0.25, -0.2) is 13.1 Å². The van der Waals surface area contributed by atoms with Crippen LogP contribution in [-0.2, 0) is 27.9 Å². The number of sulfonamides is 1. The Bertz CT molecular complexity index is 1170. The lowest BCUT2D eigenvalue weighted by Gasteiger charge is -2.11. The lowest BCUT2D eigenvalue weighted by molar-refractivity contribution is -0.121. The molecule has 0 radical (unpaired) electrons. The molecule has 10 heteroatoms. The van der Waals surface area contributed by atoms with Crippen molar-refractivity contribution in [3.63, 3.8) is 0 Å². The highest BCUT2D eigenvalue weighted by Gasteiger charge is 2.10. The number of benzene rings is 2. The number of nitrogens with zero attached hydrogens (tertiary/aromatic N) is 3. The summed E-state index contributed by atoms with van der Waals surface area (Å²) in [7, 11) is -3.42. The fourth-order valence-corrected chi connectivity index (χ4v) is 3.23. The summed E-state index contributed by atoms with van der Waals surface area (Å²) < 4.78 is 26.4. The van der Waals surface area contributed by atoms with E-state index in [0.29, 0.717) is 22.2 Å². The van der Waals surface area contributed by atoms with Crippen molar-refractivity contribution in [3.05, 3.63) is 64.4 Å². The van der Waals surface area contributed by atoms with Crippen LogP contribution >= 0.6 is 0 Å². The average molecular weight is 401 g/mol. The number of amides is 1. The summed E-state index contributed by atoms with van der Waals surface area (Å²) in [5.41, 5.74) is 1.23. The van der Waals surface area contributed by atoms with Crippen LogP contribution in [0.3, 0.4) is 0 Å². The number of hydrogen-bond donors (Lipinski definition) is 2. The molecule has 0 bridgehead atoms. The van der Waals surface area contributed by atoms with Gasteiger partial charge in [0.1, 0.15) is 5.52 Å². The lowest BCUT2D eigenvalue weighted by Crippen LogP contribution is -2.29. The maximum Gasteiger partial charge on any atom is 0.277 e. The Kier molecular flexibility index (Phi) is 5.69. The molecule has 0 aliphatic rings. The summed E-state index contributed by atoms with van der Waals surface area (Å²) in [5, 5.41) is 11.0. The van der Waals surface area contributed by atoms with Gasteiger partial charge in [0.25, 0.3) is 5.56 Å². The van der Waals surface area contributed by atoms with Crippen LogP contribution in [0, 0.1) is 0 Å². The van der Waals surface area contributed by atoms with Crippen LogP contribution in [-0.4, -0.2) is 35.6 Å². The van der Waals surface area contributed by atoms with Crippen molar-refractivity contribution < 1.29 is 13.2 Å². The smallest absolute Gasteiger partial charge is 0.277 e. The summed E-state index contributed by atoms with van der Waals surface area (Å²) in [6.45, 7) is 0.238. The van der Waals surface area contributed by atoms with Crippen LogP contribution in [0.1, 0.15) is 12.0 Å². The highest BCUT2D eigenvalue weighted by molar-refractivity contribution is 7.92. The summed E-state index contributed by atoms with van der Waals surface area (Å²) in [5.74, 6) is -0.295. The number of carbonyl (C=O) groups excluding carboxylic acids is 1. The van der Waals surface area contributed by atoms with Gasteiger partial charge >= 0.3 is 0 Å². The first kappa shape index (κ1) is 19.5. The van der Waals surface area contributed by atoms with Crippen molar-refractivity contribution in [2.45, 2.75) is 19.5 Å². The van der Waals surface area contributed by atoms with Gasteiger partial charge in [0.15, 0.2) is 0 Å². The fourth-order valence-electron chi connectivity index (χ4n) is 2.63. The first-order valence-electron chi connectivity index (χ1n) is 8.48. The van der Waals surface area contributed by atoms with Crippen molar-refractivity contribution in [2.75, 3.05) is 11.0 Å². The van der Waals surface area contributed by atoms with E-state index in [1.807, 2.05) is 0 Å². The maximum atomic E-state index is 12.4. The molecule has 0 saturated carbocycles. The van der Waals surface area contributed by atoms with E-state index in [1.54, 1.807) is 48.5 Å². The predicted octanol–water partition coefficient (Wildman–Crippen LogP) is 0.869. The van der Waals surface area contributed by atoms with Crippen molar-refractivity contribution in [1.29, 1.82) is 0 Å². The zero-order valence-corrected chi connectivity index (χ0v) is 15.9. The molecule has 0 aliphatic heterocycles. The summed E-state index contributed by atoms with van der Waals surface area (Å²) >= 11 is 0. The molecule has 3 aromatic rings. The van der Waals surface area contributed by atoms with Gasteiger partial charge in [-0.1, -0.05) is 35.5 Å². The Morgan fingerprint density at radius 3 is 2.61 bits per heavy atom. The topological polar surface area (TPSA) is 123 Å². The second-order valence-corrected chi connectivity index (χ2v) is 7.94. The molecule has 0 unspecified atom stereocenters. The van der Waals surface area contributed by atoms with Crippen LogP contribution in [0.4, 0.5) is 5.69 Å². The number of anilines is 1. The molecule has 1 heterocycles. The van der Waals surface area contributed by atoms with Gasteiger partial charge in [0.2, 0.25) is 15.9 Å². The normalized spacial score (nSPS) is 11.3. The first-order chi connectivity index (χ1) is 13.3. The minimum absolute atomic E-state index is 0.0363. The van der Waals surface area contributed by atoms with E-state index in [2.05, 4.69) is 20.4 Å². The molecule has 1 amide bonds. The van der Waals surface area contributed by atoms with Gasteiger partial charge in [-0.05, 0) is 23.8 Å². The molecule has 0 saturated heterocycles. The summed E-state index contributed by atoms with van der Waals surface area (Å²) in [6.07, 6.45) is 1.10. The molecule has 0 atom stereocenters. The Hall–Kier alpha value is -3.27. The Morgan fingerprint density at radius 1 is 1.11 bits per heavy atom. The number of fused-ring (bicyclic) bond motifs is 1. The number of aryl methyl sites for hydroxylation is 1. The zero-order chi connectivity index (χ0) is 20.1. The fraction of sp³-hybridized carbons (Fsp3) is 0.222. The number of carbonyl (C=O) groups is 1.